The third-order valence-corrected chi connectivity index (χ3v) is 5.93. The Kier molecular flexibility index (Phi) is 5.47. The van der Waals surface area contributed by atoms with Crippen LogP contribution in [0.1, 0.15) is 53.1 Å². The van der Waals surface area contributed by atoms with Crippen LogP contribution in [-0.2, 0) is 17.8 Å². The molecule has 3 heterocycles. The molecule has 152 valence electrons. The summed E-state index contributed by atoms with van der Waals surface area (Å²) in [6, 6.07) is 9.39. The second-order valence-electron chi connectivity index (χ2n) is 7.73. The summed E-state index contributed by atoms with van der Waals surface area (Å²) in [6.45, 7) is 4.31. The highest BCUT2D eigenvalue weighted by atomic mass is 16.2. The van der Waals surface area contributed by atoms with Crippen molar-refractivity contribution in [3.05, 3.63) is 53.0 Å². The number of carbonyl (C=O) groups is 2. The van der Waals surface area contributed by atoms with Crippen molar-refractivity contribution in [1.82, 2.24) is 19.8 Å². The molecule has 2 aliphatic heterocycles. The molecule has 1 saturated heterocycles. The van der Waals surface area contributed by atoms with Crippen molar-refractivity contribution in [2.45, 2.75) is 38.6 Å². The smallest absolute Gasteiger partial charge is 0.254 e. The maximum absolute atomic E-state index is 12.8. The molecule has 0 radical (unpaired) electrons. The van der Waals surface area contributed by atoms with Gasteiger partial charge in [0.25, 0.3) is 5.91 Å². The highest BCUT2D eigenvalue weighted by molar-refractivity contribution is 5.94. The highest BCUT2D eigenvalue weighted by Gasteiger charge is 2.29. The maximum Gasteiger partial charge on any atom is 0.254 e. The number of amides is 2. The molecule has 7 heteroatoms. The molecule has 7 nitrogen and oxygen atoms in total. The molecule has 0 saturated carbocycles. The van der Waals surface area contributed by atoms with Gasteiger partial charge in [-0.2, -0.15) is 0 Å². The number of carbonyl (C=O) groups excluding carboxylic acids is 2. The molecule has 2 aliphatic rings. The second kappa shape index (κ2) is 8.19. The average molecular weight is 393 g/mol. The lowest BCUT2D eigenvalue weighted by atomic mass is 9.95. The van der Waals surface area contributed by atoms with Crippen LogP contribution in [0.5, 0.6) is 0 Å². The minimum Gasteiger partial charge on any atom is -0.373 e. The lowest BCUT2D eigenvalue weighted by Gasteiger charge is -2.33. The van der Waals surface area contributed by atoms with E-state index in [-0.39, 0.29) is 17.7 Å². The molecule has 1 fully saturated rings. The van der Waals surface area contributed by atoms with E-state index in [1.165, 1.54) is 0 Å². The molecule has 1 aromatic carbocycles. The van der Waals surface area contributed by atoms with Gasteiger partial charge in [-0.15, -0.1) is 0 Å². The van der Waals surface area contributed by atoms with E-state index < -0.39 is 0 Å². The summed E-state index contributed by atoms with van der Waals surface area (Å²) in [5.41, 5.74) is 2.75. The number of hydrogen-bond donors (Lipinski definition) is 1. The first-order valence-electron chi connectivity index (χ1n) is 10.2. The molecule has 2 aromatic rings. The van der Waals surface area contributed by atoms with E-state index >= 15 is 0 Å². The standard InChI is InChI=1S/C22H27N5O2/c1-15(28)26-11-8-16(9-12-26)20-24-19-10-13-27(14-18(19)21(23-2)25-20)22(29)17-6-4-3-5-7-17/h3-7,16H,8-14H2,1-2H3,(H,23,24,25). The number of likely N-dealkylation sites (tertiary alicyclic amines) is 1. The number of hydrogen-bond acceptors (Lipinski definition) is 5. The third-order valence-electron chi connectivity index (χ3n) is 5.93. The Bertz CT molecular complexity index is 890. The fraction of sp³-hybridized carbons (Fsp3) is 0.455. The van der Waals surface area contributed by atoms with Crippen molar-refractivity contribution in [3.8, 4) is 0 Å². The summed E-state index contributed by atoms with van der Waals surface area (Å²) in [4.78, 5) is 37.9. The molecule has 0 bridgehead atoms. The summed E-state index contributed by atoms with van der Waals surface area (Å²) in [7, 11) is 1.86. The monoisotopic (exact) mass is 393 g/mol. The van der Waals surface area contributed by atoms with Gasteiger partial charge in [0, 0.05) is 57.1 Å². The topological polar surface area (TPSA) is 78.4 Å². The fourth-order valence-electron chi connectivity index (χ4n) is 4.21. The van der Waals surface area contributed by atoms with Gasteiger partial charge in [-0.25, -0.2) is 9.97 Å². The number of nitrogens with one attached hydrogen (secondary N) is 1. The van der Waals surface area contributed by atoms with Gasteiger partial charge in [0.1, 0.15) is 11.6 Å². The third kappa shape index (κ3) is 3.95. The lowest BCUT2D eigenvalue weighted by Crippen LogP contribution is -2.38. The van der Waals surface area contributed by atoms with Gasteiger partial charge in [0.05, 0.1) is 12.2 Å². The van der Waals surface area contributed by atoms with Gasteiger partial charge in [-0.3, -0.25) is 9.59 Å². The fourth-order valence-corrected chi connectivity index (χ4v) is 4.21. The molecule has 0 atom stereocenters. The second-order valence-corrected chi connectivity index (χ2v) is 7.73. The Morgan fingerprint density at radius 2 is 1.76 bits per heavy atom. The summed E-state index contributed by atoms with van der Waals surface area (Å²) in [6.07, 6.45) is 2.50. The van der Waals surface area contributed by atoms with Crippen LogP contribution in [0.2, 0.25) is 0 Å². The Morgan fingerprint density at radius 3 is 2.41 bits per heavy atom. The van der Waals surface area contributed by atoms with E-state index in [2.05, 4.69) is 5.32 Å². The molecule has 2 amide bonds. The van der Waals surface area contributed by atoms with E-state index in [4.69, 9.17) is 9.97 Å². The van der Waals surface area contributed by atoms with Crippen molar-refractivity contribution in [2.24, 2.45) is 0 Å². The van der Waals surface area contributed by atoms with Crippen molar-refractivity contribution in [1.29, 1.82) is 0 Å². The van der Waals surface area contributed by atoms with Gasteiger partial charge in [0.15, 0.2) is 0 Å². The zero-order valence-corrected chi connectivity index (χ0v) is 17.0. The van der Waals surface area contributed by atoms with Gasteiger partial charge in [0.2, 0.25) is 5.91 Å². The number of nitrogens with zero attached hydrogens (tertiary/aromatic N) is 4. The predicted molar refractivity (Wildman–Crippen MR) is 111 cm³/mol. The molecular formula is C22H27N5O2. The largest absolute Gasteiger partial charge is 0.373 e. The van der Waals surface area contributed by atoms with Crippen LogP contribution in [0.15, 0.2) is 30.3 Å². The van der Waals surface area contributed by atoms with Crippen LogP contribution in [-0.4, -0.2) is 58.3 Å². The molecule has 0 spiro atoms. The molecule has 1 N–H and O–H groups in total. The molecule has 1 aromatic heterocycles. The van der Waals surface area contributed by atoms with E-state index in [1.54, 1.807) is 6.92 Å². The minimum atomic E-state index is 0.0407. The SMILES string of the molecule is CNc1nc(C2CCN(C(C)=O)CC2)nc2c1CN(C(=O)c1ccccc1)CC2. The van der Waals surface area contributed by atoms with Gasteiger partial charge in [-0.05, 0) is 25.0 Å². The Hall–Kier alpha value is -2.96. The molecule has 4 rings (SSSR count). The highest BCUT2D eigenvalue weighted by Crippen LogP contribution is 2.30. The first-order valence-corrected chi connectivity index (χ1v) is 10.2. The van der Waals surface area contributed by atoms with E-state index in [1.807, 2.05) is 47.2 Å². The quantitative estimate of drug-likeness (QED) is 0.867. The van der Waals surface area contributed by atoms with Crippen LogP contribution in [0.4, 0.5) is 5.82 Å². The van der Waals surface area contributed by atoms with Crippen LogP contribution in [0.3, 0.4) is 0 Å². The average Bonchev–Trinajstić information content (AvgIpc) is 2.78. The van der Waals surface area contributed by atoms with Gasteiger partial charge >= 0.3 is 0 Å². The Morgan fingerprint density at radius 1 is 1.03 bits per heavy atom. The van der Waals surface area contributed by atoms with Gasteiger partial charge in [-0.1, -0.05) is 18.2 Å². The molecular weight excluding hydrogens is 366 g/mol. The zero-order valence-electron chi connectivity index (χ0n) is 17.0. The van der Waals surface area contributed by atoms with E-state index in [0.717, 1.165) is 55.3 Å². The normalized spacial score (nSPS) is 17.0. The maximum atomic E-state index is 12.8. The number of piperidine rings is 1. The Balaban J connectivity index is 1.54. The zero-order chi connectivity index (χ0) is 20.4. The summed E-state index contributed by atoms with van der Waals surface area (Å²) in [5.74, 6) is 2.11. The van der Waals surface area contributed by atoms with E-state index in [0.29, 0.717) is 18.7 Å². The van der Waals surface area contributed by atoms with Gasteiger partial charge < -0.3 is 15.1 Å². The van der Waals surface area contributed by atoms with Crippen molar-refractivity contribution in [2.75, 3.05) is 32.0 Å². The first kappa shape index (κ1) is 19.4. The predicted octanol–water partition coefficient (Wildman–Crippen LogP) is 2.44. The molecule has 0 unspecified atom stereocenters. The minimum absolute atomic E-state index is 0.0407. The van der Waals surface area contributed by atoms with Crippen molar-refractivity contribution < 1.29 is 9.59 Å². The van der Waals surface area contributed by atoms with Crippen LogP contribution >= 0.6 is 0 Å². The first-order chi connectivity index (χ1) is 14.1. The summed E-state index contributed by atoms with van der Waals surface area (Å²) >= 11 is 0. The molecule has 0 aliphatic carbocycles. The van der Waals surface area contributed by atoms with E-state index in [9.17, 15) is 9.59 Å². The van der Waals surface area contributed by atoms with Crippen molar-refractivity contribution in [3.63, 3.8) is 0 Å². The van der Waals surface area contributed by atoms with Crippen LogP contribution < -0.4 is 5.32 Å². The van der Waals surface area contributed by atoms with Crippen LogP contribution in [0, 0.1) is 0 Å². The molecule has 29 heavy (non-hydrogen) atoms. The lowest BCUT2D eigenvalue weighted by molar-refractivity contribution is -0.129. The number of aromatic nitrogens is 2. The summed E-state index contributed by atoms with van der Waals surface area (Å²) < 4.78 is 0. The number of rotatable bonds is 3. The van der Waals surface area contributed by atoms with Crippen molar-refractivity contribution >= 4 is 17.6 Å². The summed E-state index contributed by atoms with van der Waals surface area (Å²) in [5, 5.41) is 3.21. The Labute approximate surface area is 171 Å². The number of anilines is 1. The number of benzene rings is 1. The number of fused-ring (bicyclic) bond motifs is 1. The van der Waals surface area contributed by atoms with Crippen LogP contribution in [0.25, 0.3) is 0 Å².